The molecule has 1 aliphatic heterocycles. The number of hydrogen-bond acceptors (Lipinski definition) is 7. The molecule has 1 saturated heterocycles. The van der Waals surface area contributed by atoms with E-state index < -0.39 is 34.4 Å². The maximum absolute atomic E-state index is 12.3. The number of methoxy groups -OCH3 is 1. The van der Waals surface area contributed by atoms with Gasteiger partial charge in [0.1, 0.15) is 24.1 Å². The van der Waals surface area contributed by atoms with Crippen LogP contribution in [0.2, 0.25) is 0 Å². The molecule has 4 N–H and O–H groups in total. The van der Waals surface area contributed by atoms with Gasteiger partial charge in [0.25, 0.3) is 0 Å². The van der Waals surface area contributed by atoms with Crippen LogP contribution in [-0.2, 0) is 26.1 Å². The third kappa shape index (κ3) is 6.02. The first-order valence-corrected chi connectivity index (χ1v) is 11.2. The topological polar surface area (TPSA) is 134 Å². The zero-order chi connectivity index (χ0) is 22.4. The van der Waals surface area contributed by atoms with E-state index in [4.69, 9.17) is 9.47 Å². The van der Waals surface area contributed by atoms with Gasteiger partial charge in [0.05, 0.1) is 24.5 Å². The van der Waals surface area contributed by atoms with E-state index in [1.54, 1.807) is 37.4 Å². The van der Waals surface area contributed by atoms with Crippen molar-refractivity contribution in [2.45, 2.75) is 42.3 Å². The summed E-state index contributed by atoms with van der Waals surface area (Å²) < 4.78 is 37.6. The lowest BCUT2D eigenvalue weighted by molar-refractivity contribution is -0.125. The van der Waals surface area contributed by atoms with Gasteiger partial charge in [-0.25, -0.2) is 13.1 Å². The van der Waals surface area contributed by atoms with E-state index in [2.05, 4.69) is 10.0 Å². The Balaban J connectivity index is 1.49. The molecule has 0 aliphatic carbocycles. The van der Waals surface area contributed by atoms with Gasteiger partial charge in [-0.2, -0.15) is 0 Å². The Labute approximate surface area is 181 Å². The highest BCUT2D eigenvalue weighted by Gasteiger charge is 2.43. The molecular formula is C21H26N2O7S. The number of aliphatic hydroxyl groups is 2. The standard InChI is InChI=1S/C21H26N2O7S/c1-29-15-9-7-14(8-10-15)12-22-19(24)11-17-20(25)21(26)18(30-17)13-23-31(27,28)16-5-3-2-4-6-16/h2-10,17-18,20-21,23,25-26H,11-13H2,1H3,(H,22,24). The lowest BCUT2D eigenvalue weighted by Gasteiger charge is -2.15. The number of ether oxygens (including phenoxy) is 2. The van der Waals surface area contributed by atoms with Crippen molar-refractivity contribution in [2.24, 2.45) is 0 Å². The van der Waals surface area contributed by atoms with E-state index in [0.29, 0.717) is 5.75 Å². The molecule has 0 bridgehead atoms. The van der Waals surface area contributed by atoms with Crippen LogP contribution in [0.1, 0.15) is 12.0 Å². The van der Waals surface area contributed by atoms with Crippen molar-refractivity contribution in [2.75, 3.05) is 13.7 Å². The molecule has 1 aliphatic rings. The molecule has 0 saturated carbocycles. The minimum Gasteiger partial charge on any atom is -0.497 e. The van der Waals surface area contributed by atoms with Gasteiger partial charge in [0.15, 0.2) is 0 Å². The molecule has 3 rings (SSSR count). The van der Waals surface area contributed by atoms with Crippen LogP contribution in [0.3, 0.4) is 0 Å². The van der Waals surface area contributed by atoms with E-state index in [-0.39, 0.29) is 30.3 Å². The Kier molecular flexibility index (Phi) is 7.63. The molecule has 9 nitrogen and oxygen atoms in total. The summed E-state index contributed by atoms with van der Waals surface area (Å²) in [6.07, 6.45) is -4.73. The molecule has 0 spiro atoms. The van der Waals surface area contributed by atoms with Gasteiger partial charge in [-0.1, -0.05) is 30.3 Å². The van der Waals surface area contributed by atoms with E-state index in [1.807, 2.05) is 12.1 Å². The average molecular weight is 451 g/mol. The lowest BCUT2D eigenvalue weighted by Crippen LogP contribution is -2.40. The predicted molar refractivity (Wildman–Crippen MR) is 112 cm³/mol. The van der Waals surface area contributed by atoms with Gasteiger partial charge in [0, 0.05) is 13.1 Å². The second kappa shape index (κ2) is 10.2. The summed E-state index contributed by atoms with van der Waals surface area (Å²) in [5.41, 5.74) is 0.871. The van der Waals surface area contributed by atoms with Crippen LogP contribution in [-0.4, -0.2) is 62.6 Å². The molecule has 31 heavy (non-hydrogen) atoms. The van der Waals surface area contributed by atoms with Crippen molar-refractivity contribution in [1.29, 1.82) is 0 Å². The van der Waals surface area contributed by atoms with Gasteiger partial charge in [-0.05, 0) is 29.8 Å². The zero-order valence-electron chi connectivity index (χ0n) is 17.0. The lowest BCUT2D eigenvalue weighted by atomic mass is 10.1. The second-order valence-electron chi connectivity index (χ2n) is 7.19. The van der Waals surface area contributed by atoms with E-state index in [1.165, 1.54) is 12.1 Å². The largest absolute Gasteiger partial charge is 0.497 e. The fourth-order valence-electron chi connectivity index (χ4n) is 3.24. The highest BCUT2D eigenvalue weighted by Crippen LogP contribution is 2.24. The summed E-state index contributed by atoms with van der Waals surface area (Å²) in [4.78, 5) is 12.3. The van der Waals surface area contributed by atoms with Gasteiger partial charge >= 0.3 is 0 Å². The van der Waals surface area contributed by atoms with E-state index in [9.17, 15) is 23.4 Å². The first-order valence-electron chi connectivity index (χ1n) is 9.76. The molecule has 1 heterocycles. The second-order valence-corrected chi connectivity index (χ2v) is 8.96. The number of aliphatic hydroxyl groups excluding tert-OH is 2. The SMILES string of the molecule is COc1ccc(CNC(=O)CC2OC(CNS(=O)(=O)c3ccccc3)C(O)C2O)cc1. The van der Waals surface area contributed by atoms with Crippen molar-refractivity contribution in [1.82, 2.24) is 10.0 Å². The van der Waals surface area contributed by atoms with E-state index in [0.717, 1.165) is 5.56 Å². The minimum atomic E-state index is -3.78. The van der Waals surface area contributed by atoms with Crippen LogP contribution in [0, 0.1) is 0 Å². The highest BCUT2D eigenvalue weighted by molar-refractivity contribution is 7.89. The van der Waals surface area contributed by atoms with Gasteiger partial charge < -0.3 is 25.0 Å². The van der Waals surface area contributed by atoms with Crippen LogP contribution in [0.4, 0.5) is 0 Å². The van der Waals surface area contributed by atoms with Crippen molar-refractivity contribution in [3.63, 3.8) is 0 Å². The Morgan fingerprint density at radius 1 is 1.03 bits per heavy atom. The molecule has 4 atom stereocenters. The van der Waals surface area contributed by atoms with Crippen LogP contribution >= 0.6 is 0 Å². The number of amides is 1. The summed E-state index contributed by atoms with van der Waals surface area (Å²) >= 11 is 0. The van der Waals surface area contributed by atoms with Crippen molar-refractivity contribution in [3.8, 4) is 5.75 Å². The summed E-state index contributed by atoms with van der Waals surface area (Å²) in [6.45, 7) is 0.0495. The molecule has 0 aromatic heterocycles. The van der Waals surface area contributed by atoms with Crippen molar-refractivity contribution < 1.29 is 32.9 Å². The van der Waals surface area contributed by atoms with Crippen LogP contribution in [0.15, 0.2) is 59.5 Å². The van der Waals surface area contributed by atoms with E-state index >= 15 is 0 Å². The normalized spacial score (nSPS) is 23.5. The molecule has 2 aromatic rings. The van der Waals surface area contributed by atoms with Crippen molar-refractivity contribution in [3.05, 3.63) is 60.2 Å². The van der Waals surface area contributed by atoms with Crippen LogP contribution in [0.5, 0.6) is 5.75 Å². The number of sulfonamides is 1. The summed E-state index contributed by atoms with van der Waals surface area (Å²) in [5, 5.41) is 23.2. The predicted octanol–water partition coefficient (Wildman–Crippen LogP) is 0.169. The number of carbonyl (C=O) groups is 1. The third-order valence-corrected chi connectivity index (χ3v) is 6.46. The maximum Gasteiger partial charge on any atom is 0.240 e. The van der Waals surface area contributed by atoms with Crippen molar-refractivity contribution >= 4 is 15.9 Å². The molecule has 10 heteroatoms. The minimum absolute atomic E-state index is 0.0810. The molecule has 168 valence electrons. The van der Waals surface area contributed by atoms with Crippen LogP contribution < -0.4 is 14.8 Å². The fourth-order valence-corrected chi connectivity index (χ4v) is 4.30. The number of carbonyl (C=O) groups excluding carboxylic acids is 1. The quantitative estimate of drug-likeness (QED) is 0.428. The summed E-state index contributed by atoms with van der Waals surface area (Å²) in [6, 6.07) is 15.0. The van der Waals surface area contributed by atoms with Gasteiger partial charge in [-0.15, -0.1) is 0 Å². The molecule has 1 fully saturated rings. The third-order valence-electron chi connectivity index (χ3n) is 5.02. The number of rotatable bonds is 9. The first kappa shape index (κ1) is 23.2. The Hall–Kier alpha value is -2.50. The number of hydrogen-bond donors (Lipinski definition) is 4. The zero-order valence-corrected chi connectivity index (χ0v) is 17.8. The summed E-state index contributed by atoms with van der Waals surface area (Å²) in [7, 11) is -2.22. The average Bonchev–Trinajstić information content (AvgIpc) is 3.05. The maximum atomic E-state index is 12.3. The molecular weight excluding hydrogens is 424 g/mol. The molecule has 0 radical (unpaired) electrons. The summed E-state index contributed by atoms with van der Waals surface area (Å²) in [5.74, 6) is 0.345. The van der Waals surface area contributed by atoms with Gasteiger partial charge in [0.2, 0.25) is 15.9 Å². The van der Waals surface area contributed by atoms with Gasteiger partial charge in [-0.3, -0.25) is 4.79 Å². The van der Waals surface area contributed by atoms with Crippen LogP contribution in [0.25, 0.3) is 0 Å². The fraction of sp³-hybridized carbons (Fsp3) is 0.381. The number of benzene rings is 2. The molecule has 2 aromatic carbocycles. The molecule has 4 unspecified atom stereocenters. The monoisotopic (exact) mass is 450 g/mol. The molecule has 1 amide bonds. The highest BCUT2D eigenvalue weighted by atomic mass is 32.2. The smallest absolute Gasteiger partial charge is 0.240 e. The number of nitrogens with one attached hydrogen (secondary N) is 2. The first-order chi connectivity index (χ1) is 14.8. The Morgan fingerprint density at radius 2 is 1.68 bits per heavy atom. The Bertz CT molecular complexity index is 967. The Morgan fingerprint density at radius 3 is 2.32 bits per heavy atom.